The van der Waals surface area contributed by atoms with Crippen LogP contribution in [0, 0.1) is 6.92 Å². The number of nitrogens with one attached hydrogen (secondary N) is 1. The summed E-state index contributed by atoms with van der Waals surface area (Å²) in [7, 11) is 0. The fourth-order valence-corrected chi connectivity index (χ4v) is 3.69. The fraction of sp³-hybridized carbons (Fsp3) is 0.0870. The first-order valence-corrected chi connectivity index (χ1v) is 9.93. The predicted molar refractivity (Wildman–Crippen MR) is 115 cm³/mol. The van der Waals surface area contributed by atoms with Gasteiger partial charge in [0.05, 0.1) is 4.88 Å². The van der Waals surface area contributed by atoms with Crippen molar-refractivity contribution in [2.24, 2.45) is 0 Å². The summed E-state index contributed by atoms with van der Waals surface area (Å²) >= 11 is 1.41. The maximum Gasteiger partial charge on any atom is 0.262 e. The summed E-state index contributed by atoms with van der Waals surface area (Å²) in [4.78, 5) is 29.5. The Kier molecular flexibility index (Phi) is 5.35. The number of ketones is 1. The molecule has 1 amide bonds. The van der Waals surface area contributed by atoms with Crippen LogP contribution in [-0.2, 0) is 4.79 Å². The number of anilines is 1. The lowest BCUT2D eigenvalue weighted by atomic mass is 10.1. The van der Waals surface area contributed by atoms with E-state index in [0.717, 1.165) is 16.3 Å². The highest BCUT2D eigenvalue weighted by atomic mass is 32.1. The number of ether oxygens (including phenoxy) is 1. The first-order chi connectivity index (χ1) is 14.1. The molecule has 0 fully saturated rings. The van der Waals surface area contributed by atoms with Gasteiger partial charge < -0.3 is 10.1 Å². The zero-order chi connectivity index (χ0) is 20.2. The van der Waals surface area contributed by atoms with Crippen molar-refractivity contribution in [2.75, 3.05) is 11.9 Å². The first-order valence-electron chi connectivity index (χ1n) is 9.05. The Labute approximate surface area is 172 Å². The van der Waals surface area contributed by atoms with E-state index in [1.807, 2.05) is 42.6 Å². The summed E-state index contributed by atoms with van der Waals surface area (Å²) in [5.74, 6) is 0.301. The maximum atomic E-state index is 12.4. The minimum absolute atomic E-state index is 0.0156. The summed E-state index contributed by atoms with van der Waals surface area (Å²) < 4.78 is 5.65. The fourth-order valence-electron chi connectivity index (χ4n) is 3.01. The number of pyridine rings is 1. The van der Waals surface area contributed by atoms with E-state index in [9.17, 15) is 9.59 Å². The lowest BCUT2D eigenvalue weighted by Crippen LogP contribution is -2.20. The molecule has 4 rings (SSSR count). The number of hydrogen-bond acceptors (Lipinski definition) is 5. The molecule has 0 saturated carbocycles. The molecule has 0 aliphatic rings. The molecule has 2 aromatic heterocycles. The SMILES string of the molecule is Cc1cc(C(=O)c2cccs2)ccc1OCC(=O)Nc1ccc2ccncc2c1. The number of thiophene rings is 1. The number of rotatable bonds is 6. The smallest absolute Gasteiger partial charge is 0.262 e. The third-order valence-electron chi connectivity index (χ3n) is 4.47. The van der Waals surface area contributed by atoms with Gasteiger partial charge in [0, 0.05) is 29.0 Å². The second-order valence-electron chi connectivity index (χ2n) is 6.56. The molecule has 6 heteroatoms. The van der Waals surface area contributed by atoms with Crippen molar-refractivity contribution in [1.82, 2.24) is 4.98 Å². The van der Waals surface area contributed by atoms with Gasteiger partial charge in [-0.15, -0.1) is 11.3 Å². The van der Waals surface area contributed by atoms with Crippen LogP contribution in [0.25, 0.3) is 10.8 Å². The van der Waals surface area contributed by atoms with Crippen LogP contribution in [0.2, 0.25) is 0 Å². The number of fused-ring (bicyclic) bond motifs is 1. The predicted octanol–water partition coefficient (Wildman–Crippen LogP) is 4.85. The van der Waals surface area contributed by atoms with Crippen LogP contribution < -0.4 is 10.1 Å². The third kappa shape index (κ3) is 4.33. The van der Waals surface area contributed by atoms with Gasteiger partial charge in [-0.1, -0.05) is 12.1 Å². The minimum Gasteiger partial charge on any atom is -0.483 e. The Morgan fingerprint density at radius 1 is 1.07 bits per heavy atom. The molecule has 0 aliphatic heterocycles. The van der Waals surface area contributed by atoms with Crippen LogP contribution in [0.3, 0.4) is 0 Å². The Hall–Kier alpha value is -3.51. The Morgan fingerprint density at radius 3 is 2.76 bits per heavy atom. The average Bonchev–Trinajstić information content (AvgIpc) is 3.27. The van der Waals surface area contributed by atoms with Gasteiger partial charge in [0.1, 0.15) is 5.75 Å². The van der Waals surface area contributed by atoms with Crippen molar-refractivity contribution < 1.29 is 14.3 Å². The Bertz CT molecular complexity index is 1190. The van der Waals surface area contributed by atoms with Crippen molar-refractivity contribution in [2.45, 2.75) is 6.92 Å². The van der Waals surface area contributed by atoms with E-state index in [1.165, 1.54) is 11.3 Å². The van der Waals surface area contributed by atoms with Crippen molar-refractivity contribution in [3.63, 3.8) is 0 Å². The third-order valence-corrected chi connectivity index (χ3v) is 5.33. The number of carbonyl (C=O) groups excluding carboxylic acids is 2. The van der Waals surface area contributed by atoms with Crippen LogP contribution >= 0.6 is 11.3 Å². The van der Waals surface area contributed by atoms with Gasteiger partial charge in [-0.25, -0.2) is 0 Å². The number of carbonyl (C=O) groups is 2. The summed E-state index contributed by atoms with van der Waals surface area (Å²) in [5, 5.41) is 6.71. The van der Waals surface area contributed by atoms with Gasteiger partial charge >= 0.3 is 0 Å². The van der Waals surface area contributed by atoms with E-state index in [1.54, 1.807) is 36.7 Å². The number of benzene rings is 2. The van der Waals surface area contributed by atoms with E-state index in [2.05, 4.69) is 10.3 Å². The Morgan fingerprint density at radius 2 is 1.97 bits per heavy atom. The molecule has 1 N–H and O–H groups in total. The van der Waals surface area contributed by atoms with Crippen molar-refractivity contribution in [3.8, 4) is 5.75 Å². The van der Waals surface area contributed by atoms with Crippen LogP contribution in [0.5, 0.6) is 5.75 Å². The molecule has 0 bridgehead atoms. The van der Waals surface area contributed by atoms with E-state index in [0.29, 0.717) is 21.9 Å². The number of aromatic nitrogens is 1. The van der Waals surface area contributed by atoms with E-state index >= 15 is 0 Å². The molecule has 144 valence electrons. The van der Waals surface area contributed by atoms with Gasteiger partial charge in [0.15, 0.2) is 6.61 Å². The number of hydrogen-bond donors (Lipinski definition) is 1. The number of aryl methyl sites for hydroxylation is 1. The highest BCUT2D eigenvalue weighted by molar-refractivity contribution is 7.12. The lowest BCUT2D eigenvalue weighted by molar-refractivity contribution is -0.118. The van der Waals surface area contributed by atoms with E-state index in [-0.39, 0.29) is 18.3 Å². The van der Waals surface area contributed by atoms with Gasteiger partial charge in [-0.05, 0) is 65.7 Å². The quantitative estimate of drug-likeness (QED) is 0.468. The zero-order valence-electron chi connectivity index (χ0n) is 15.7. The van der Waals surface area contributed by atoms with Crippen LogP contribution in [0.1, 0.15) is 20.8 Å². The second kappa shape index (κ2) is 8.24. The van der Waals surface area contributed by atoms with Crippen LogP contribution in [0.15, 0.2) is 72.4 Å². The van der Waals surface area contributed by atoms with Crippen LogP contribution in [0.4, 0.5) is 5.69 Å². The van der Waals surface area contributed by atoms with Crippen molar-refractivity contribution in [3.05, 3.63) is 88.4 Å². The van der Waals surface area contributed by atoms with Crippen molar-refractivity contribution >= 4 is 39.5 Å². The number of amides is 1. The van der Waals surface area contributed by atoms with Gasteiger partial charge in [0.2, 0.25) is 5.78 Å². The maximum absolute atomic E-state index is 12.4. The van der Waals surface area contributed by atoms with E-state index in [4.69, 9.17) is 4.74 Å². The zero-order valence-corrected chi connectivity index (χ0v) is 16.5. The molecule has 0 spiro atoms. The molecule has 4 aromatic rings. The first kappa shape index (κ1) is 18.8. The molecule has 2 aromatic carbocycles. The average molecular weight is 402 g/mol. The summed E-state index contributed by atoms with van der Waals surface area (Å²) in [6.45, 7) is 1.74. The molecule has 2 heterocycles. The monoisotopic (exact) mass is 402 g/mol. The molecule has 29 heavy (non-hydrogen) atoms. The largest absolute Gasteiger partial charge is 0.483 e. The summed E-state index contributed by atoms with van der Waals surface area (Å²) in [6, 6.07) is 16.5. The van der Waals surface area contributed by atoms with Gasteiger partial charge in [0.25, 0.3) is 5.91 Å². The second-order valence-corrected chi connectivity index (χ2v) is 7.51. The topological polar surface area (TPSA) is 68.3 Å². The molecule has 0 saturated heterocycles. The molecule has 5 nitrogen and oxygen atoms in total. The van der Waals surface area contributed by atoms with Gasteiger partial charge in [-0.3, -0.25) is 14.6 Å². The molecular weight excluding hydrogens is 384 g/mol. The molecular formula is C23H18N2O3S. The van der Waals surface area contributed by atoms with Crippen LogP contribution in [-0.4, -0.2) is 23.3 Å². The van der Waals surface area contributed by atoms with Crippen molar-refractivity contribution in [1.29, 1.82) is 0 Å². The number of nitrogens with zero attached hydrogens (tertiary/aromatic N) is 1. The highest BCUT2D eigenvalue weighted by Gasteiger charge is 2.12. The van der Waals surface area contributed by atoms with Gasteiger partial charge in [-0.2, -0.15) is 0 Å². The lowest BCUT2D eigenvalue weighted by Gasteiger charge is -2.11. The summed E-state index contributed by atoms with van der Waals surface area (Å²) in [6.07, 6.45) is 3.49. The summed E-state index contributed by atoms with van der Waals surface area (Å²) in [5.41, 5.74) is 2.09. The Balaban J connectivity index is 1.39. The van der Waals surface area contributed by atoms with E-state index < -0.39 is 0 Å². The molecule has 0 unspecified atom stereocenters. The normalized spacial score (nSPS) is 10.7. The highest BCUT2D eigenvalue weighted by Crippen LogP contribution is 2.23. The molecule has 0 radical (unpaired) electrons. The minimum atomic E-state index is -0.258. The molecule has 0 aliphatic carbocycles. The molecule has 0 atom stereocenters. The standard InChI is InChI=1S/C23H18N2O3S/c1-15-11-17(23(27)21-3-2-10-29-21)5-7-20(15)28-14-22(26)25-19-6-4-16-8-9-24-13-18(16)12-19/h2-13H,14H2,1H3,(H,25,26).